The minimum atomic E-state index is -4.58. The Balaban J connectivity index is 1.27. The molecule has 9 heteroatoms. The van der Waals surface area contributed by atoms with E-state index in [1.54, 1.807) is 13.8 Å². The second-order valence-electron chi connectivity index (χ2n) is 10.5. The summed E-state index contributed by atoms with van der Waals surface area (Å²) in [5.41, 5.74) is 0.586. The van der Waals surface area contributed by atoms with Gasteiger partial charge in [0, 0.05) is 44.5 Å². The fourth-order valence-corrected chi connectivity index (χ4v) is 6.05. The summed E-state index contributed by atoms with van der Waals surface area (Å²) in [7, 11) is 0. The number of ether oxygens (including phenoxy) is 1. The topological polar surface area (TPSA) is 50.3 Å². The maximum atomic E-state index is 14.0. The minimum Gasteiger partial charge on any atom is -0.381 e. The van der Waals surface area contributed by atoms with E-state index in [9.17, 15) is 17.6 Å². The largest absolute Gasteiger partial charge is 0.420 e. The van der Waals surface area contributed by atoms with Gasteiger partial charge in [-0.05, 0) is 86.6 Å². The van der Waals surface area contributed by atoms with Gasteiger partial charge in [-0.3, -0.25) is 0 Å². The van der Waals surface area contributed by atoms with Crippen molar-refractivity contribution in [2.45, 2.75) is 51.7 Å². The van der Waals surface area contributed by atoms with Crippen molar-refractivity contribution in [1.29, 1.82) is 0 Å². The molecule has 3 aliphatic rings. The van der Waals surface area contributed by atoms with Crippen LogP contribution in [0.4, 0.5) is 23.4 Å². The zero-order valence-corrected chi connectivity index (χ0v) is 20.2. The highest BCUT2D eigenvalue weighted by atomic mass is 19.4. The van der Waals surface area contributed by atoms with E-state index in [2.05, 4.69) is 20.4 Å². The van der Waals surface area contributed by atoms with Crippen molar-refractivity contribution in [3.05, 3.63) is 40.7 Å². The average Bonchev–Trinajstić information content (AvgIpc) is 3.34. The van der Waals surface area contributed by atoms with Gasteiger partial charge in [0.15, 0.2) is 5.82 Å². The molecule has 2 saturated heterocycles. The molecular formula is C26H32F4N4O. The lowest BCUT2D eigenvalue weighted by Crippen LogP contribution is -2.32. The molecule has 3 fully saturated rings. The summed E-state index contributed by atoms with van der Waals surface area (Å²) < 4.78 is 61.2. The molecule has 0 spiro atoms. The molecule has 5 nitrogen and oxygen atoms in total. The van der Waals surface area contributed by atoms with Crippen LogP contribution in [0.5, 0.6) is 0 Å². The Morgan fingerprint density at radius 2 is 1.69 bits per heavy atom. The maximum Gasteiger partial charge on any atom is 0.420 e. The number of anilines is 1. The fourth-order valence-electron chi connectivity index (χ4n) is 6.05. The molecule has 0 bridgehead atoms. The van der Waals surface area contributed by atoms with E-state index < -0.39 is 17.6 Å². The Kier molecular flexibility index (Phi) is 6.74. The molecule has 5 rings (SSSR count). The molecule has 2 aromatic rings. The van der Waals surface area contributed by atoms with Gasteiger partial charge in [0.2, 0.25) is 0 Å². The van der Waals surface area contributed by atoms with Gasteiger partial charge >= 0.3 is 6.18 Å². The van der Waals surface area contributed by atoms with Crippen LogP contribution in [0.15, 0.2) is 18.2 Å². The zero-order chi connectivity index (χ0) is 24.7. The van der Waals surface area contributed by atoms with Crippen LogP contribution < -0.4 is 5.32 Å². The number of benzene rings is 1. The summed E-state index contributed by atoms with van der Waals surface area (Å²) in [5, 5.41) is 11.1. The van der Waals surface area contributed by atoms with E-state index in [1.807, 2.05) is 0 Å². The molecule has 1 aliphatic carbocycles. The average molecular weight is 493 g/mol. The highest BCUT2D eigenvalue weighted by Crippen LogP contribution is 2.42. The highest BCUT2D eigenvalue weighted by Gasteiger charge is 2.43. The molecule has 0 radical (unpaired) electrons. The molecule has 2 aliphatic heterocycles. The van der Waals surface area contributed by atoms with Gasteiger partial charge in [-0.2, -0.15) is 13.2 Å². The fraction of sp³-hybridized carbons (Fsp3) is 0.615. The van der Waals surface area contributed by atoms with Gasteiger partial charge in [-0.15, -0.1) is 10.2 Å². The number of fused-ring (bicyclic) bond motifs is 1. The zero-order valence-electron chi connectivity index (χ0n) is 20.2. The molecule has 1 N–H and O–H groups in total. The molecule has 35 heavy (non-hydrogen) atoms. The number of likely N-dealkylation sites (tertiary alicyclic amines) is 1. The predicted octanol–water partition coefficient (Wildman–Crippen LogP) is 5.47. The predicted molar refractivity (Wildman–Crippen MR) is 126 cm³/mol. The summed E-state index contributed by atoms with van der Waals surface area (Å²) in [6.07, 6.45) is -0.674. The summed E-state index contributed by atoms with van der Waals surface area (Å²) in [4.78, 5) is 2.53. The number of aryl methyl sites for hydroxylation is 2. The number of alkyl halides is 3. The molecule has 190 valence electrons. The van der Waals surface area contributed by atoms with Gasteiger partial charge in [0.1, 0.15) is 11.4 Å². The van der Waals surface area contributed by atoms with E-state index in [0.717, 1.165) is 64.6 Å². The van der Waals surface area contributed by atoms with Crippen molar-refractivity contribution in [1.82, 2.24) is 15.1 Å². The first-order valence-electron chi connectivity index (χ1n) is 12.5. The van der Waals surface area contributed by atoms with E-state index in [4.69, 9.17) is 4.74 Å². The van der Waals surface area contributed by atoms with E-state index in [0.29, 0.717) is 34.4 Å². The Morgan fingerprint density at radius 1 is 1.00 bits per heavy atom. The second-order valence-corrected chi connectivity index (χ2v) is 10.5. The van der Waals surface area contributed by atoms with E-state index in [1.165, 1.54) is 12.1 Å². The molecule has 1 aromatic heterocycles. The Labute approximate surface area is 203 Å². The van der Waals surface area contributed by atoms with Crippen molar-refractivity contribution in [3.8, 4) is 11.3 Å². The summed E-state index contributed by atoms with van der Waals surface area (Å²) in [5.74, 6) is 1.07. The Hall–Kier alpha value is -2.26. The van der Waals surface area contributed by atoms with E-state index in [-0.39, 0.29) is 17.6 Å². The standard InChI is InChI=1S/C26H32F4N4O/c1-15-8-23(27)16(2)7-21(15)24-11-22(26(28,29)30)25(33-32-24)31-20-9-18-13-34(14-19(18)10-20)12-17-3-5-35-6-4-17/h7-8,11,17-20H,3-6,9-10,12-14H2,1-2H3,(H,31,33). The van der Waals surface area contributed by atoms with Gasteiger partial charge < -0.3 is 15.0 Å². The first-order valence-corrected chi connectivity index (χ1v) is 12.5. The van der Waals surface area contributed by atoms with Gasteiger partial charge in [-0.25, -0.2) is 4.39 Å². The number of hydrogen-bond acceptors (Lipinski definition) is 5. The van der Waals surface area contributed by atoms with Crippen LogP contribution in [0.3, 0.4) is 0 Å². The SMILES string of the molecule is Cc1cc(-c2cc(C(F)(F)F)c(NC3CC4CN(CC5CCOCC5)CC4C3)nn2)c(C)cc1F. The number of aromatic nitrogens is 2. The molecule has 0 amide bonds. The maximum absolute atomic E-state index is 14.0. The molecule has 2 unspecified atom stereocenters. The van der Waals surface area contributed by atoms with Crippen molar-refractivity contribution in [2.75, 3.05) is 38.2 Å². The van der Waals surface area contributed by atoms with E-state index >= 15 is 0 Å². The monoisotopic (exact) mass is 492 g/mol. The van der Waals surface area contributed by atoms with Crippen LogP contribution in [0, 0.1) is 37.4 Å². The normalized spacial score (nSPS) is 25.7. The molecule has 3 heterocycles. The Morgan fingerprint density at radius 3 is 2.34 bits per heavy atom. The number of hydrogen-bond donors (Lipinski definition) is 1. The third kappa shape index (κ3) is 5.31. The smallest absolute Gasteiger partial charge is 0.381 e. The molecule has 2 atom stereocenters. The molecule has 1 saturated carbocycles. The first-order chi connectivity index (χ1) is 16.7. The lowest BCUT2D eigenvalue weighted by molar-refractivity contribution is -0.137. The lowest BCUT2D eigenvalue weighted by atomic mass is 10.00. The van der Waals surface area contributed by atoms with Crippen LogP contribution in [0.25, 0.3) is 11.3 Å². The number of halogens is 4. The van der Waals surface area contributed by atoms with Crippen LogP contribution in [0.1, 0.15) is 42.4 Å². The van der Waals surface area contributed by atoms with Gasteiger partial charge in [0.25, 0.3) is 0 Å². The van der Waals surface area contributed by atoms with Crippen LogP contribution >= 0.6 is 0 Å². The number of rotatable bonds is 5. The third-order valence-corrected chi connectivity index (χ3v) is 7.91. The quantitative estimate of drug-likeness (QED) is 0.562. The van der Waals surface area contributed by atoms with Crippen molar-refractivity contribution in [3.63, 3.8) is 0 Å². The van der Waals surface area contributed by atoms with Gasteiger partial charge in [-0.1, -0.05) is 0 Å². The molecular weight excluding hydrogens is 460 g/mol. The summed E-state index contributed by atoms with van der Waals surface area (Å²) in [6.45, 7) is 8.05. The second kappa shape index (κ2) is 9.65. The highest BCUT2D eigenvalue weighted by molar-refractivity contribution is 5.66. The number of nitrogens with zero attached hydrogens (tertiary/aromatic N) is 3. The van der Waals surface area contributed by atoms with Crippen molar-refractivity contribution >= 4 is 5.82 Å². The summed E-state index contributed by atoms with van der Waals surface area (Å²) in [6, 6.07) is 3.81. The lowest BCUT2D eigenvalue weighted by Gasteiger charge is -2.28. The van der Waals surface area contributed by atoms with Crippen molar-refractivity contribution < 1.29 is 22.3 Å². The molecule has 1 aromatic carbocycles. The van der Waals surface area contributed by atoms with Crippen LogP contribution in [-0.4, -0.2) is 54.0 Å². The van der Waals surface area contributed by atoms with Crippen molar-refractivity contribution in [2.24, 2.45) is 17.8 Å². The number of nitrogens with one attached hydrogen (secondary N) is 1. The summed E-state index contributed by atoms with van der Waals surface area (Å²) >= 11 is 0. The van der Waals surface area contributed by atoms with Gasteiger partial charge in [0.05, 0.1) is 5.69 Å². The first kappa shape index (κ1) is 24.4. The minimum absolute atomic E-state index is 0.0497. The third-order valence-electron chi connectivity index (χ3n) is 7.91. The van der Waals surface area contributed by atoms with Crippen LogP contribution in [-0.2, 0) is 10.9 Å². The Bertz CT molecular complexity index is 1060. The van der Waals surface area contributed by atoms with Crippen LogP contribution in [0.2, 0.25) is 0 Å².